The molecule has 0 aliphatic heterocycles. The first-order valence-corrected chi connectivity index (χ1v) is 10.2. The summed E-state index contributed by atoms with van der Waals surface area (Å²) in [6, 6.07) is 9.64. The quantitative estimate of drug-likeness (QED) is 0.680. The van der Waals surface area contributed by atoms with Crippen LogP contribution in [0.5, 0.6) is 5.88 Å². The molecule has 25 heavy (non-hydrogen) atoms. The fourth-order valence-corrected chi connectivity index (χ4v) is 4.92. The second-order valence-electron chi connectivity index (χ2n) is 5.73. The van der Waals surface area contributed by atoms with E-state index < -0.39 is 9.84 Å². The summed E-state index contributed by atoms with van der Waals surface area (Å²) < 4.78 is 27.4. The van der Waals surface area contributed by atoms with Crippen molar-refractivity contribution in [1.29, 1.82) is 0 Å². The second kappa shape index (κ2) is 6.66. The highest BCUT2D eigenvalue weighted by atomic mass is 32.2. The number of thioether (sulfide) groups is 1. The van der Waals surface area contributed by atoms with Crippen LogP contribution in [-0.2, 0) is 16.4 Å². The highest BCUT2D eigenvalue weighted by Crippen LogP contribution is 2.33. The van der Waals surface area contributed by atoms with Gasteiger partial charge in [0.15, 0.2) is 10.5 Å². The van der Waals surface area contributed by atoms with Crippen molar-refractivity contribution in [1.82, 2.24) is 19.5 Å². The van der Waals surface area contributed by atoms with Gasteiger partial charge in [0.2, 0.25) is 15.7 Å². The maximum atomic E-state index is 13.1. The lowest BCUT2D eigenvalue weighted by Crippen LogP contribution is -2.13. The Morgan fingerprint density at radius 2 is 1.92 bits per heavy atom. The lowest BCUT2D eigenvalue weighted by Gasteiger charge is -2.10. The van der Waals surface area contributed by atoms with Gasteiger partial charge in [0, 0.05) is 12.6 Å². The van der Waals surface area contributed by atoms with E-state index >= 15 is 0 Å². The summed E-state index contributed by atoms with van der Waals surface area (Å²) in [6.45, 7) is 0.467. The van der Waals surface area contributed by atoms with Crippen LogP contribution in [0, 0.1) is 0 Å². The number of aromatic nitrogens is 3. The van der Waals surface area contributed by atoms with E-state index in [1.165, 1.54) is 34.5 Å². The minimum atomic E-state index is -3.82. The zero-order valence-electron chi connectivity index (χ0n) is 14.0. The van der Waals surface area contributed by atoms with Crippen molar-refractivity contribution in [2.24, 2.45) is 0 Å². The van der Waals surface area contributed by atoms with Crippen LogP contribution >= 0.6 is 11.8 Å². The number of benzene rings is 1. The number of rotatable bonds is 5. The first-order valence-electron chi connectivity index (χ1n) is 7.45. The van der Waals surface area contributed by atoms with Gasteiger partial charge in [0.05, 0.1) is 10.6 Å². The molecule has 0 spiro atoms. The highest BCUT2D eigenvalue weighted by Gasteiger charge is 2.29. The Morgan fingerprint density at radius 1 is 1.24 bits per heavy atom. The molecule has 9 heteroatoms. The maximum absolute atomic E-state index is 13.1. The molecule has 0 aliphatic carbocycles. The number of hydrogen-bond donors (Lipinski definition) is 1. The van der Waals surface area contributed by atoms with Gasteiger partial charge < -0.3 is 10.0 Å². The van der Waals surface area contributed by atoms with Crippen LogP contribution < -0.4 is 0 Å². The van der Waals surface area contributed by atoms with Crippen LogP contribution in [0.2, 0.25) is 0 Å². The SMILES string of the molecule is CSc1nn2c(O)cc(CN(C)C)nc2c1S(=O)(=O)c1ccccc1. The summed E-state index contributed by atoms with van der Waals surface area (Å²) in [5.74, 6) is -0.147. The number of aromatic hydroxyl groups is 1. The van der Waals surface area contributed by atoms with E-state index in [1.807, 2.05) is 19.0 Å². The summed E-state index contributed by atoms with van der Waals surface area (Å²) in [7, 11) is -0.0798. The minimum absolute atomic E-state index is 0.0158. The number of nitrogens with zero attached hydrogens (tertiary/aromatic N) is 4. The molecule has 0 saturated carbocycles. The predicted molar refractivity (Wildman–Crippen MR) is 95.7 cm³/mol. The molecule has 0 amide bonds. The van der Waals surface area contributed by atoms with Gasteiger partial charge in [-0.05, 0) is 32.5 Å². The van der Waals surface area contributed by atoms with Gasteiger partial charge >= 0.3 is 0 Å². The molecular formula is C16H18N4O3S2. The van der Waals surface area contributed by atoms with Crippen molar-refractivity contribution in [3.8, 4) is 5.88 Å². The van der Waals surface area contributed by atoms with E-state index in [0.29, 0.717) is 17.3 Å². The zero-order chi connectivity index (χ0) is 18.2. The first-order chi connectivity index (χ1) is 11.8. The van der Waals surface area contributed by atoms with Crippen molar-refractivity contribution >= 4 is 27.2 Å². The largest absolute Gasteiger partial charge is 0.493 e. The first kappa shape index (κ1) is 17.7. The van der Waals surface area contributed by atoms with E-state index in [9.17, 15) is 13.5 Å². The van der Waals surface area contributed by atoms with E-state index in [2.05, 4.69) is 10.1 Å². The van der Waals surface area contributed by atoms with Gasteiger partial charge in [-0.3, -0.25) is 0 Å². The smallest absolute Gasteiger partial charge is 0.215 e. The fourth-order valence-electron chi connectivity index (χ4n) is 2.50. The van der Waals surface area contributed by atoms with Crippen molar-refractivity contribution < 1.29 is 13.5 Å². The number of sulfone groups is 1. The van der Waals surface area contributed by atoms with Crippen molar-refractivity contribution in [3.05, 3.63) is 42.1 Å². The Labute approximate surface area is 150 Å². The Bertz CT molecular complexity index is 1010. The molecule has 0 unspecified atom stereocenters. The topological polar surface area (TPSA) is 87.8 Å². The summed E-state index contributed by atoms with van der Waals surface area (Å²) >= 11 is 1.20. The van der Waals surface area contributed by atoms with Crippen molar-refractivity contribution in [2.75, 3.05) is 20.4 Å². The van der Waals surface area contributed by atoms with Gasteiger partial charge in [0.1, 0.15) is 5.03 Å². The molecule has 0 atom stereocenters. The maximum Gasteiger partial charge on any atom is 0.215 e. The van der Waals surface area contributed by atoms with E-state index in [1.54, 1.807) is 24.5 Å². The van der Waals surface area contributed by atoms with E-state index in [-0.39, 0.29) is 21.3 Å². The molecule has 7 nitrogen and oxygen atoms in total. The summed E-state index contributed by atoms with van der Waals surface area (Å²) in [5, 5.41) is 14.8. The lowest BCUT2D eigenvalue weighted by atomic mass is 10.4. The Kier molecular flexibility index (Phi) is 4.72. The van der Waals surface area contributed by atoms with Gasteiger partial charge in [-0.15, -0.1) is 11.8 Å². The van der Waals surface area contributed by atoms with Gasteiger partial charge in [-0.25, -0.2) is 13.4 Å². The average Bonchev–Trinajstić information content (AvgIpc) is 2.95. The van der Waals surface area contributed by atoms with Crippen LogP contribution in [-0.4, -0.2) is 53.4 Å². The van der Waals surface area contributed by atoms with E-state index in [0.717, 1.165) is 0 Å². The monoisotopic (exact) mass is 378 g/mol. The summed E-state index contributed by atoms with van der Waals surface area (Å²) in [4.78, 5) is 6.51. The third-order valence-corrected chi connectivity index (χ3v) is 6.15. The molecule has 0 aliphatic rings. The number of hydrogen-bond acceptors (Lipinski definition) is 7. The van der Waals surface area contributed by atoms with E-state index in [4.69, 9.17) is 0 Å². The molecule has 1 aromatic carbocycles. The van der Waals surface area contributed by atoms with Gasteiger partial charge in [0.25, 0.3) is 0 Å². The fraction of sp³-hybridized carbons (Fsp3) is 0.250. The third-order valence-electron chi connectivity index (χ3n) is 3.54. The van der Waals surface area contributed by atoms with Crippen LogP contribution in [0.15, 0.2) is 51.2 Å². The predicted octanol–water partition coefficient (Wildman–Crippen LogP) is 2.05. The summed E-state index contributed by atoms with van der Waals surface area (Å²) in [5.41, 5.74) is 0.692. The molecule has 0 radical (unpaired) electrons. The molecule has 1 N–H and O–H groups in total. The zero-order valence-corrected chi connectivity index (χ0v) is 15.7. The summed E-state index contributed by atoms with van der Waals surface area (Å²) in [6.07, 6.45) is 1.74. The third kappa shape index (κ3) is 3.22. The van der Waals surface area contributed by atoms with Crippen LogP contribution in [0.25, 0.3) is 5.65 Å². The molecule has 3 aromatic rings. The molecule has 0 bridgehead atoms. The lowest BCUT2D eigenvalue weighted by molar-refractivity contribution is 0.390. The van der Waals surface area contributed by atoms with Crippen LogP contribution in [0.3, 0.4) is 0 Å². The van der Waals surface area contributed by atoms with Crippen LogP contribution in [0.1, 0.15) is 5.69 Å². The Morgan fingerprint density at radius 3 is 2.52 bits per heavy atom. The molecule has 132 valence electrons. The molecular weight excluding hydrogens is 360 g/mol. The average molecular weight is 378 g/mol. The van der Waals surface area contributed by atoms with Gasteiger partial charge in [-0.2, -0.15) is 9.61 Å². The highest BCUT2D eigenvalue weighted by molar-refractivity contribution is 7.99. The molecule has 0 saturated heterocycles. The van der Waals surface area contributed by atoms with Crippen molar-refractivity contribution in [3.63, 3.8) is 0 Å². The molecule has 3 rings (SSSR count). The molecule has 2 aromatic heterocycles. The standard InChI is InChI=1S/C16H18N4O3S2/c1-19(2)10-11-9-13(21)20-15(17-11)14(16(18-20)24-3)25(22,23)12-7-5-4-6-8-12/h4-9,21H,10H2,1-3H3. The van der Waals surface area contributed by atoms with Gasteiger partial charge in [-0.1, -0.05) is 18.2 Å². The normalized spacial score (nSPS) is 12.2. The molecule has 0 fully saturated rings. The minimum Gasteiger partial charge on any atom is -0.493 e. The molecule has 2 heterocycles. The van der Waals surface area contributed by atoms with Crippen molar-refractivity contribution in [2.45, 2.75) is 21.4 Å². The number of fused-ring (bicyclic) bond motifs is 1. The Hall–Kier alpha value is -2.10. The Balaban J connectivity index is 2.31. The van der Waals surface area contributed by atoms with Crippen LogP contribution in [0.4, 0.5) is 0 Å². The second-order valence-corrected chi connectivity index (χ2v) is 8.42.